The number of hydrogen-bond donors (Lipinski definition) is 1. The molecule has 2 aliphatic rings. The van der Waals surface area contributed by atoms with Gasteiger partial charge in [-0.2, -0.15) is 0 Å². The molecule has 0 radical (unpaired) electrons. The second-order valence-corrected chi connectivity index (χ2v) is 7.29. The summed E-state index contributed by atoms with van der Waals surface area (Å²) in [5, 5.41) is 2.51. The van der Waals surface area contributed by atoms with Crippen LogP contribution < -0.4 is 10.1 Å². The Labute approximate surface area is 164 Å². The number of likely N-dealkylation sites (tertiary alicyclic amines) is 1. The third-order valence-corrected chi connectivity index (χ3v) is 5.50. The van der Waals surface area contributed by atoms with Crippen LogP contribution in [0.15, 0.2) is 48.5 Å². The molecule has 1 spiro atoms. The van der Waals surface area contributed by atoms with Crippen molar-refractivity contribution in [1.82, 2.24) is 10.2 Å². The first-order valence-electron chi connectivity index (χ1n) is 9.52. The lowest BCUT2D eigenvalue weighted by Gasteiger charge is -2.25. The first kappa shape index (κ1) is 18.5. The molecule has 4 rings (SSSR count). The van der Waals surface area contributed by atoms with Gasteiger partial charge in [-0.1, -0.05) is 36.4 Å². The van der Waals surface area contributed by atoms with E-state index in [4.69, 9.17) is 9.47 Å². The average Bonchev–Trinajstić information content (AvgIpc) is 3.32. The molecule has 1 fully saturated rings. The lowest BCUT2D eigenvalue weighted by molar-refractivity contribution is -0.131. The number of amides is 2. The van der Waals surface area contributed by atoms with Gasteiger partial charge in [0.05, 0.1) is 19.6 Å². The normalized spacial score (nSPS) is 20.2. The molecule has 6 nitrogen and oxygen atoms in total. The number of nitrogens with zero attached hydrogens (tertiary/aromatic N) is 1. The summed E-state index contributed by atoms with van der Waals surface area (Å²) in [5.74, 6) is 0.467. The zero-order chi connectivity index (χ0) is 19.6. The molecular weight excluding hydrogens is 356 g/mol. The molecule has 1 N–H and O–H groups in total. The van der Waals surface area contributed by atoms with Gasteiger partial charge in [0.2, 0.25) is 5.91 Å². The van der Waals surface area contributed by atoms with Crippen LogP contribution in [0.4, 0.5) is 0 Å². The Kier molecular flexibility index (Phi) is 5.05. The van der Waals surface area contributed by atoms with Gasteiger partial charge in [0.1, 0.15) is 11.4 Å². The molecule has 2 aromatic rings. The van der Waals surface area contributed by atoms with E-state index in [9.17, 15) is 9.59 Å². The van der Waals surface area contributed by atoms with E-state index in [1.54, 1.807) is 13.1 Å². The Morgan fingerprint density at radius 3 is 2.93 bits per heavy atom. The molecular formula is C22H24N2O4. The highest BCUT2D eigenvalue weighted by Crippen LogP contribution is 2.43. The van der Waals surface area contributed by atoms with E-state index < -0.39 is 0 Å². The predicted molar refractivity (Wildman–Crippen MR) is 104 cm³/mol. The molecule has 1 saturated heterocycles. The highest BCUT2D eigenvalue weighted by Gasteiger charge is 2.46. The minimum absolute atomic E-state index is 0.0424. The second kappa shape index (κ2) is 7.64. The van der Waals surface area contributed by atoms with Crippen molar-refractivity contribution in [3.05, 3.63) is 65.2 Å². The van der Waals surface area contributed by atoms with Crippen molar-refractivity contribution in [3.63, 3.8) is 0 Å². The van der Waals surface area contributed by atoms with Crippen molar-refractivity contribution in [3.8, 4) is 5.75 Å². The van der Waals surface area contributed by atoms with E-state index >= 15 is 0 Å². The maximum absolute atomic E-state index is 12.9. The van der Waals surface area contributed by atoms with Gasteiger partial charge in [-0.3, -0.25) is 9.59 Å². The summed E-state index contributed by atoms with van der Waals surface area (Å²) in [7, 11) is 1.57. The summed E-state index contributed by atoms with van der Waals surface area (Å²) in [6.07, 6.45) is 1.12. The molecule has 1 unspecified atom stereocenters. The summed E-state index contributed by atoms with van der Waals surface area (Å²) in [5.41, 5.74) is 2.95. The minimum atomic E-state index is -0.356. The van der Waals surface area contributed by atoms with Crippen LogP contribution in [0.2, 0.25) is 0 Å². The lowest BCUT2D eigenvalue weighted by atomic mass is 9.92. The van der Waals surface area contributed by atoms with Crippen LogP contribution in [0.5, 0.6) is 5.75 Å². The Morgan fingerprint density at radius 1 is 1.21 bits per heavy atom. The number of likely N-dealkylation sites (N-methyl/N-ethyl adjacent to an activating group) is 1. The van der Waals surface area contributed by atoms with E-state index in [-0.39, 0.29) is 24.0 Å². The van der Waals surface area contributed by atoms with Gasteiger partial charge in [0.25, 0.3) is 5.91 Å². The maximum Gasteiger partial charge on any atom is 0.257 e. The molecule has 0 aliphatic carbocycles. The highest BCUT2D eigenvalue weighted by molar-refractivity contribution is 5.79. The van der Waals surface area contributed by atoms with Gasteiger partial charge in [0, 0.05) is 13.6 Å². The Morgan fingerprint density at radius 2 is 2.07 bits per heavy atom. The number of carbonyl (C=O) groups excluding carboxylic acids is 2. The van der Waals surface area contributed by atoms with E-state index in [0.717, 1.165) is 12.0 Å². The second-order valence-electron chi connectivity index (χ2n) is 7.29. The van der Waals surface area contributed by atoms with Crippen molar-refractivity contribution >= 4 is 11.8 Å². The first-order chi connectivity index (χ1) is 13.6. The smallest absolute Gasteiger partial charge is 0.257 e. The quantitative estimate of drug-likeness (QED) is 0.862. The van der Waals surface area contributed by atoms with Crippen LogP contribution in [-0.4, -0.2) is 43.5 Å². The fourth-order valence-electron chi connectivity index (χ4n) is 3.97. The SMILES string of the molecule is CNC(=O)COc1cccc(CC(=O)N2CCC3(C2)OCc2ccccc23)c1. The van der Waals surface area contributed by atoms with Gasteiger partial charge in [-0.25, -0.2) is 0 Å². The summed E-state index contributed by atoms with van der Waals surface area (Å²) in [4.78, 5) is 26.1. The zero-order valence-corrected chi connectivity index (χ0v) is 15.9. The number of fused-ring (bicyclic) bond motifs is 2. The number of ether oxygens (including phenoxy) is 2. The van der Waals surface area contributed by atoms with Crippen LogP contribution in [0.1, 0.15) is 23.1 Å². The van der Waals surface area contributed by atoms with Crippen molar-refractivity contribution in [2.75, 3.05) is 26.7 Å². The largest absolute Gasteiger partial charge is 0.484 e. The highest BCUT2D eigenvalue weighted by atomic mass is 16.5. The molecule has 0 bridgehead atoms. The summed E-state index contributed by atoms with van der Waals surface area (Å²) in [6, 6.07) is 15.6. The molecule has 0 saturated carbocycles. The van der Waals surface area contributed by atoms with Crippen molar-refractivity contribution < 1.29 is 19.1 Å². The molecule has 2 heterocycles. The third-order valence-electron chi connectivity index (χ3n) is 5.50. The molecule has 1 atom stereocenters. The van der Waals surface area contributed by atoms with E-state index in [1.165, 1.54) is 11.1 Å². The molecule has 28 heavy (non-hydrogen) atoms. The zero-order valence-electron chi connectivity index (χ0n) is 15.9. The monoisotopic (exact) mass is 380 g/mol. The molecule has 0 aromatic heterocycles. The predicted octanol–water partition coefficient (Wildman–Crippen LogP) is 2.01. The molecule has 6 heteroatoms. The van der Waals surface area contributed by atoms with Crippen LogP contribution in [0.25, 0.3) is 0 Å². The van der Waals surface area contributed by atoms with Gasteiger partial charge in [-0.05, 0) is 35.2 Å². The number of benzene rings is 2. The third kappa shape index (κ3) is 3.60. The fraction of sp³-hybridized carbons (Fsp3) is 0.364. The van der Waals surface area contributed by atoms with E-state index in [0.29, 0.717) is 31.9 Å². The number of rotatable bonds is 5. The standard InChI is InChI=1S/C22H24N2O4/c1-23-20(25)14-27-18-7-4-5-16(11-18)12-21(26)24-10-9-22(15-24)19-8-3-2-6-17(19)13-28-22/h2-8,11H,9-10,12-15H2,1H3,(H,23,25). The van der Waals surface area contributed by atoms with Crippen molar-refractivity contribution in [2.24, 2.45) is 0 Å². The Balaban J connectivity index is 1.40. The van der Waals surface area contributed by atoms with Crippen molar-refractivity contribution in [1.29, 1.82) is 0 Å². The number of hydrogen-bond acceptors (Lipinski definition) is 4. The van der Waals surface area contributed by atoms with Crippen LogP contribution in [-0.2, 0) is 33.0 Å². The van der Waals surface area contributed by atoms with Crippen LogP contribution in [0, 0.1) is 0 Å². The van der Waals surface area contributed by atoms with Gasteiger partial charge in [0.15, 0.2) is 6.61 Å². The van der Waals surface area contributed by atoms with E-state index in [2.05, 4.69) is 17.4 Å². The van der Waals surface area contributed by atoms with Gasteiger partial charge in [-0.15, -0.1) is 0 Å². The Bertz CT molecular complexity index is 898. The summed E-state index contributed by atoms with van der Waals surface area (Å²) in [6.45, 7) is 1.86. The Hall–Kier alpha value is -2.86. The number of nitrogens with one attached hydrogen (secondary N) is 1. The number of carbonyl (C=O) groups is 2. The molecule has 2 amide bonds. The summed E-state index contributed by atoms with van der Waals surface area (Å²) < 4.78 is 11.6. The van der Waals surface area contributed by atoms with E-state index in [1.807, 2.05) is 35.2 Å². The maximum atomic E-state index is 12.9. The average molecular weight is 380 g/mol. The lowest BCUT2D eigenvalue weighted by Crippen LogP contribution is -2.35. The van der Waals surface area contributed by atoms with Crippen LogP contribution in [0.3, 0.4) is 0 Å². The van der Waals surface area contributed by atoms with Crippen molar-refractivity contribution in [2.45, 2.75) is 25.0 Å². The first-order valence-corrected chi connectivity index (χ1v) is 9.52. The fourth-order valence-corrected chi connectivity index (χ4v) is 3.97. The molecule has 2 aromatic carbocycles. The minimum Gasteiger partial charge on any atom is -0.484 e. The summed E-state index contributed by atoms with van der Waals surface area (Å²) >= 11 is 0. The van der Waals surface area contributed by atoms with Crippen LogP contribution >= 0.6 is 0 Å². The molecule has 146 valence electrons. The molecule has 2 aliphatic heterocycles. The van der Waals surface area contributed by atoms with Gasteiger partial charge < -0.3 is 19.7 Å². The van der Waals surface area contributed by atoms with Gasteiger partial charge >= 0.3 is 0 Å². The topological polar surface area (TPSA) is 67.9 Å².